The van der Waals surface area contributed by atoms with Gasteiger partial charge in [0.25, 0.3) is 5.91 Å². The van der Waals surface area contributed by atoms with Gasteiger partial charge in [0, 0.05) is 30.9 Å². The molecule has 0 unspecified atom stereocenters. The predicted molar refractivity (Wildman–Crippen MR) is 101 cm³/mol. The number of hydrogen-bond donors (Lipinski definition) is 1. The molecule has 1 saturated carbocycles. The predicted octanol–water partition coefficient (Wildman–Crippen LogP) is 3.34. The molecule has 4 rings (SSSR count). The summed E-state index contributed by atoms with van der Waals surface area (Å²) in [6.45, 7) is 2.84. The molecule has 1 aliphatic carbocycles. The van der Waals surface area contributed by atoms with E-state index >= 15 is 0 Å². The molecular formula is C20H25N3OS. The van der Waals surface area contributed by atoms with Gasteiger partial charge in [0.1, 0.15) is 5.69 Å². The normalized spacial score (nSPS) is 18.5. The lowest BCUT2D eigenvalue weighted by Gasteiger charge is -2.32. The molecular weight excluding hydrogens is 330 g/mol. The van der Waals surface area contributed by atoms with Crippen molar-refractivity contribution >= 4 is 17.2 Å². The topological polar surface area (TPSA) is 45.2 Å². The van der Waals surface area contributed by atoms with Crippen LogP contribution in [0.25, 0.3) is 0 Å². The monoisotopic (exact) mass is 355 g/mol. The second-order valence-electron chi connectivity index (χ2n) is 7.21. The Morgan fingerprint density at radius 3 is 2.64 bits per heavy atom. The van der Waals surface area contributed by atoms with Crippen LogP contribution < -0.4 is 5.32 Å². The average Bonchev–Trinajstić information content (AvgIpc) is 3.38. The van der Waals surface area contributed by atoms with Crippen molar-refractivity contribution in [1.82, 2.24) is 15.2 Å². The minimum atomic E-state index is 0.0937. The Kier molecular flexibility index (Phi) is 5.13. The van der Waals surface area contributed by atoms with E-state index in [0.29, 0.717) is 11.7 Å². The summed E-state index contributed by atoms with van der Waals surface area (Å²) < 4.78 is 0. The van der Waals surface area contributed by atoms with Crippen molar-refractivity contribution < 1.29 is 4.79 Å². The highest BCUT2D eigenvalue weighted by molar-refractivity contribution is 7.09. The molecule has 1 N–H and O–H groups in total. The summed E-state index contributed by atoms with van der Waals surface area (Å²) in [7, 11) is 0. The van der Waals surface area contributed by atoms with Crippen molar-refractivity contribution in [3.8, 4) is 0 Å². The highest BCUT2D eigenvalue weighted by atomic mass is 32.1. The molecule has 2 heterocycles. The van der Waals surface area contributed by atoms with E-state index in [2.05, 4.69) is 22.4 Å². The third-order valence-corrected chi connectivity index (χ3v) is 5.99. The maximum atomic E-state index is 12.7. The molecule has 0 spiro atoms. The molecule has 1 saturated heterocycles. The van der Waals surface area contributed by atoms with E-state index in [1.807, 2.05) is 28.5 Å². The highest BCUT2D eigenvalue weighted by Gasteiger charge is 2.27. The van der Waals surface area contributed by atoms with Crippen molar-refractivity contribution in [3.05, 3.63) is 52.0 Å². The number of carbonyl (C=O) groups excluding carboxylic acids is 1. The summed E-state index contributed by atoms with van der Waals surface area (Å²) in [5.74, 6) is 1.01. The van der Waals surface area contributed by atoms with Gasteiger partial charge in [0.2, 0.25) is 0 Å². The summed E-state index contributed by atoms with van der Waals surface area (Å²) in [5.41, 5.74) is 1.85. The van der Waals surface area contributed by atoms with Crippen LogP contribution in [0.15, 0.2) is 35.7 Å². The zero-order chi connectivity index (χ0) is 17.1. The van der Waals surface area contributed by atoms with Gasteiger partial charge in [-0.1, -0.05) is 30.3 Å². The number of amides is 1. The molecule has 132 valence electrons. The third kappa shape index (κ3) is 4.47. The summed E-state index contributed by atoms with van der Waals surface area (Å²) in [6, 6.07) is 10.9. The van der Waals surface area contributed by atoms with Crippen molar-refractivity contribution in [1.29, 1.82) is 0 Å². The van der Waals surface area contributed by atoms with Gasteiger partial charge in [-0.3, -0.25) is 4.79 Å². The van der Waals surface area contributed by atoms with Crippen LogP contribution in [-0.4, -0.2) is 41.5 Å². The first-order valence-corrected chi connectivity index (χ1v) is 10.2. The molecule has 4 nitrogen and oxygen atoms in total. The minimum Gasteiger partial charge on any atom is -0.337 e. The largest absolute Gasteiger partial charge is 0.337 e. The lowest BCUT2D eigenvalue weighted by atomic mass is 10.0. The first-order valence-electron chi connectivity index (χ1n) is 9.29. The number of likely N-dealkylation sites (tertiary alicyclic amines) is 1. The summed E-state index contributed by atoms with van der Waals surface area (Å²) in [5, 5.41) is 6.59. The van der Waals surface area contributed by atoms with Crippen LogP contribution in [0.3, 0.4) is 0 Å². The van der Waals surface area contributed by atoms with Crippen LogP contribution in [0, 0.1) is 5.92 Å². The van der Waals surface area contributed by atoms with Gasteiger partial charge in [-0.15, -0.1) is 11.3 Å². The van der Waals surface area contributed by atoms with Crippen molar-refractivity contribution in [2.75, 3.05) is 19.6 Å². The maximum Gasteiger partial charge on any atom is 0.273 e. The fraction of sp³-hybridized carbons (Fsp3) is 0.500. The Hall–Kier alpha value is -1.72. The number of nitrogens with one attached hydrogen (secondary N) is 1. The standard InChI is InChI=1S/C20H25N3OS/c24-20(23-10-8-17(9-11-23)21-13-16-6-7-16)18-14-25-19(22-18)12-15-4-2-1-3-5-15/h1-5,14,16-17,21H,6-13H2. The Morgan fingerprint density at radius 2 is 1.92 bits per heavy atom. The molecule has 2 fully saturated rings. The van der Waals surface area contributed by atoms with Crippen LogP contribution in [0.4, 0.5) is 0 Å². The molecule has 1 aromatic carbocycles. The Balaban J connectivity index is 1.29. The van der Waals surface area contributed by atoms with Gasteiger partial charge in [0.05, 0.1) is 5.01 Å². The lowest BCUT2D eigenvalue weighted by Crippen LogP contribution is -2.45. The molecule has 2 aliphatic rings. The molecule has 0 atom stereocenters. The molecule has 1 aromatic heterocycles. The molecule has 2 aromatic rings. The van der Waals surface area contributed by atoms with E-state index in [9.17, 15) is 4.79 Å². The Morgan fingerprint density at radius 1 is 1.16 bits per heavy atom. The van der Waals surface area contributed by atoms with Crippen LogP contribution in [-0.2, 0) is 6.42 Å². The van der Waals surface area contributed by atoms with Crippen LogP contribution >= 0.6 is 11.3 Å². The van der Waals surface area contributed by atoms with Crippen LogP contribution in [0.2, 0.25) is 0 Å². The quantitative estimate of drug-likeness (QED) is 0.864. The summed E-state index contributed by atoms with van der Waals surface area (Å²) >= 11 is 1.58. The second kappa shape index (κ2) is 7.67. The average molecular weight is 356 g/mol. The first-order chi connectivity index (χ1) is 12.3. The zero-order valence-corrected chi connectivity index (χ0v) is 15.3. The Bertz CT molecular complexity index is 703. The highest BCUT2D eigenvalue weighted by Crippen LogP contribution is 2.28. The van der Waals surface area contributed by atoms with Gasteiger partial charge in [-0.05, 0) is 43.7 Å². The summed E-state index contributed by atoms with van der Waals surface area (Å²) in [6.07, 6.45) is 5.68. The van der Waals surface area contributed by atoms with E-state index in [1.54, 1.807) is 11.3 Å². The molecule has 1 aliphatic heterocycles. The minimum absolute atomic E-state index is 0.0937. The zero-order valence-electron chi connectivity index (χ0n) is 14.5. The Labute approximate surface area is 153 Å². The van der Waals surface area contributed by atoms with Gasteiger partial charge in [-0.25, -0.2) is 4.98 Å². The molecule has 0 radical (unpaired) electrons. The molecule has 5 heteroatoms. The van der Waals surface area contributed by atoms with Crippen molar-refractivity contribution in [2.45, 2.75) is 38.1 Å². The van der Waals surface area contributed by atoms with Crippen LogP contribution in [0.5, 0.6) is 0 Å². The number of hydrogen-bond acceptors (Lipinski definition) is 4. The van der Waals surface area contributed by atoms with E-state index in [1.165, 1.54) is 18.4 Å². The van der Waals surface area contributed by atoms with Crippen molar-refractivity contribution in [3.63, 3.8) is 0 Å². The number of benzene rings is 1. The van der Waals surface area contributed by atoms with Crippen LogP contribution in [0.1, 0.15) is 46.7 Å². The first kappa shape index (κ1) is 16.7. The van der Waals surface area contributed by atoms with E-state index < -0.39 is 0 Å². The number of nitrogens with zero attached hydrogens (tertiary/aromatic N) is 2. The number of carbonyl (C=O) groups is 1. The molecule has 0 bridgehead atoms. The van der Waals surface area contributed by atoms with Gasteiger partial charge in [-0.2, -0.15) is 0 Å². The lowest BCUT2D eigenvalue weighted by molar-refractivity contribution is 0.0699. The third-order valence-electron chi connectivity index (χ3n) is 5.14. The second-order valence-corrected chi connectivity index (χ2v) is 8.15. The fourth-order valence-electron chi connectivity index (χ4n) is 3.36. The smallest absolute Gasteiger partial charge is 0.273 e. The number of rotatable bonds is 6. The van der Waals surface area contributed by atoms with E-state index in [4.69, 9.17) is 0 Å². The number of piperidine rings is 1. The maximum absolute atomic E-state index is 12.7. The molecule has 25 heavy (non-hydrogen) atoms. The van der Waals surface area contributed by atoms with E-state index in [0.717, 1.165) is 49.8 Å². The summed E-state index contributed by atoms with van der Waals surface area (Å²) in [4.78, 5) is 19.2. The van der Waals surface area contributed by atoms with Gasteiger partial charge < -0.3 is 10.2 Å². The SMILES string of the molecule is O=C(c1csc(Cc2ccccc2)n1)N1CCC(NCC2CC2)CC1. The number of aromatic nitrogens is 1. The van der Waals surface area contributed by atoms with Gasteiger partial charge >= 0.3 is 0 Å². The van der Waals surface area contributed by atoms with E-state index in [-0.39, 0.29) is 5.91 Å². The van der Waals surface area contributed by atoms with Gasteiger partial charge in [0.15, 0.2) is 0 Å². The number of thiazole rings is 1. The fourth-order valence-corrected chi connectivity index (χ4v) is 4.17. The van der Waals surface area contributed by atoms with Crippen molar-refractivity contribution in [2.24, 2.45) is 5.92 Å². The molecule has 1 amide bonds.